The minimum absolute atomic E-state index is 0.247. The summed E-state index contributed by atoms with van der Waals surface area (Å²) < 4.78 is 18.5. The highest BCUT2D eigenvalue weighted by Crippen LogP contribution is 2.23. The van der Waals surface area contributed by atoms with Gasteiger partial charge in [0.2, 0.25) is 0 Å². The molecule has 2 rings (SSSR count). The molecule has 0 spiro atoms. The van der Waals surface area contributed by atoms with Gasteiger partial charge < -0.3 is 14.4 Å². The van der Waals surface area contributed by atoms with Crippen LogP contribution in [0.1, 0.15) is 12.0 Å². The van der Waals surface area contributed by atoms with Crippen LogP contribution in [0, 0.1) is 5.82 Å². The van der Waals surface area contributed by atoms with E-state index < -0.39 is 0 Å². The predicted molar refractivity (Wildman–Crippen MR) is 63.8 cm³/mol. The summed E-state index contributed by atoms with van der Waals surface area (Å²) in [6, 6.07) is 4.78. The molecular weight excluding hydrogens is 221 g/mol. The van der Waals surface area contributed by atoms with Crippen molar-refractivity contribution < 1.29 is 13.9 Å². The van der Waals surface area contributed by atoms with Gasteiger partial charge in [0, 0.05) is 25.2 Å². The lowest BCUT2D eigenvalue weighted by molar-refractivity contribution is -0.107. The first-order chi connectivity index (χ1) is 8.31. The Bertz CT molecular complexity index is 389. The van der Waals surface area contributed by atoms with Crippen LogP contribution in [0.2, 0.25) is 0 Å². The van der Waals surface area contributed by atoms with E-state index in [0.29, 0.717) is 26.1 Å². The summed E-state index contributed by atoms with van der Waals surface area (Å²) >= 11 is 0. The molecule has 3 nitrogen and oxygen atoms in total. The van der Waals surface area contributed by atoms with Gasteiger partial charge in [-0.1, -0.05) is 0 Å². The smallest absolute Gasteiger partial charge is 0.123 e. The molecule has 0 saturated carbocycles. The van der Waals surface area contributed by atoms with Crippen LogP contribution in [0.5, 0.6) is 0 Å². The summed E-state index contributed by atoms with van der Waals surface area (Å²) in [7, 11) is 0. The predicted octanol–water partition coefficient (Wildman–Crippen LogP) is 1.79. The number of morpholine rings is 1. The highest BCUT2D eigenvalue weighted by Gasteiger charge is 2.14. The van der Waals surface area contributed by atoms with Crippen molar-refractivity contribution in [2.45, 2.75) is 12.8 Å². The van der Waals surface area contributed by atoms with Crippen LogP contribution in [0.15, 0.2) is 18.2 Å². The molecule has 0 unspecified atom stereocenters. The summed E-state index contributed by atoms with van der Waals surface area (Å²) in [6.07, 6.45) is 1.89. The van der Waals surface area contributed by atoms with Crippen molar-refractivity contribution in [1.29, 1.82) is 0 Å². The van der Waals surface area contributed by atoms with Crippen LogP contribution < -0.4 is 4.90 Å². The third-order valence-electron chi connectivity index (χ3n) is 2.92. The molecule has 1 aromatic rings. The maximum Gasteiger partial charge on any atom is 0.123 e. The maximum absolute atomic E-state index is 13.2. The molecule has 1 aliphatic heterocycles. The standard InChI is InChI=1S/C13H16FNO2/c14-12-3-4-13(11(10-12)2-1-7-16)15-5-8-17-9-6-15/h3-4,7,10H,1-2,5-6,8-9H2. The second kappa shape index (κ2) is 5.77. The van der Waals surface area contributed by atoms with Gasteiger partial charge in [0.05, 0.1) is 13.2 Å². The Morgan fingerprint density at radius 2 is 2.12 bits per heavy atom. The van der Waals surface area contributed by atoms with Gasteiger partial charge in [-0.3, -0.25) is 0 Å². The van der Waals surface area contributed by atoms with Crippen LogP contribution in [-0.4, -0.2) is 32.6 Å². The molecule has 92 valence electrons. The van der Waals surface area contributed by atoms with Gasteiger partial charge in [-0.2, -0.15) is 0 Å². The fraction of sp³-hybridized carbons (Fsp3) is 0.462. The van der Waals surface area contributed by atoms with Gasteiger partial charge in [-0.05, 0) is 30.2 Å². The van der Waals surface area contributed by atoms with E-state index in [1.54, 1.807) is 6.07 Å². The molecule has 0 aromatic heterocycles. The van der Waals surface area contributed by atoms with Gasteiger partial charge in [-0.15, -0.1) is 0 Å². The number of rotatable bonds is 4. The molecule has 0 bridgehead atoms. The Morgan fingerprint density at radius 1 is 1.35 bits per heavy atom. The molecule has 17 heavy (non-hydrogen) atoms. The molecule has 0 radical (unpaired) electrons. The SMILES string of the molecule is O=CCCc1cc(F)ccc1N1CCOCC1. The average Bonchev–Trinajstić information content (AvgIpc) is 2.37. The lowest BCUT2D eigenvalue weighted by atomic mass is 10.1. The summed E-state index contributed by atoms with van der Waals surface area (Å²) in [5, 5.41) is 0. The third-order valence-corrected chi connectivity index (χ3v) is 2.92. The molecule has 0 amide bonds. The Kier molecular flexibility index (Phi) is 4.09. The second-order valence-electron chi connectivity index (χ2n) is 4.08. The van der Waals surface area contributed by atoms with Crippen molar-refractivity contribution in [1.82, 2.24) is 0 Å². The molecule has 4 heteroatoms. The number of halogens is 1. The van der Waals surface area contributed by atoms with Gasteiger partial charge in [0.15, 0.2) is 0 Å². The van der Waals surface area contributed by atoms with Crippen LogP contribution in [0.4, 0.5) is 10.1 Å². The minimum atomic E-state index is -0.247. The quantitative estimate of drug-likeness (QED) is 0.748. The first-order valence-electron chi connectivity index (χ1n) is 5.86. The molecular formula is C13H16FNO2. The van der Waals surface area contributed by atoms with Crippen LogP contribution in [-0.2, 0) is 16.0 Å². The minimum Gasteiger partial charge on any atom is -0.378 e. The number of carbonyl (C=O) groups excluding carboxylic acids is 1. The molecule has 1 aliphatic rings. The Labute approximate surface area is 100 Å². The maximum atomic E-state index is 13.2. The topological polar surface area (TPSA) is 29.5 Å². The van der Waals surface area contributed by atoms with E-state index in [2.05, 4.69) is 4.90 Å². The van der Waals surface area contributed by atoms with Crippen LogP contribution in [0.3, 0.4) is 0 Å². The molecule has 1 fully saturated rings. The number of carbonyl (C=O) groups is 1. The van der Waals surface area contributed by atoms with Crippen molar-refractivity contribution in [3.8, 4) is 0 Å². The summed E-state index contributed by atoms with van der Waals surface area (Å²) in [4.78, 5) is 12.6. The van der Waals surface area contributed by atoms with E-state index in [-0.39, 0.29) is 5.82 Å². The number of nitrogens with zero attached hydrogens (tertiary/aromatic N) is 1. The van der Waals surface area contributed by atoms with Gasteiger partial charge >= 0.3 is 0 Å². The Balaban J connectivity index is 2.20. The zero-order valence-electron chi connectivity index (χ0n) is 9.69. The van der Waals surface area contributed by atoms with E-state index in [9.17, 15) is 9.18 Å². The normalized spacial score (nSPS) is 15.9. The number of aldehydes is 1. The van der Waals surface area contributed by atoms with Crippen LogP contribution in [0.25, 0.3) is 0 Å². The zero-order valence-corrected chi connectivity index (χ0v) is 9.69. The zero-order chi connectivity index (χ0) is 12.1. The first-order valence-corrected chi connectivity index (χ1v) is 5.86. The van der Waals surface area contributed by atoms with Crippen molar-refractivity contribution >= 4 is 12.0 Å². The average molecular weight is 237 g/mol. The van der Waals surface area contributed by atoms with E-state index in [4.69, 9.17) is 4.74 Å². The largest absolute Gasteiger partial charge is 0.378 e. The van der Waals surface area contributed by atoms with E-state index >= 15 is 0 Å². The number of anilines is 1. The third kappa shape index (κ3) is 3.03. The van der Waals surface area contributed by atoms with E-state index in [1.165, 1.54) is 12.1 Å². The van der Waals surface area contributed by atoms with Gasteiger partial charge in [-0.25, -0.2) is 4.39 Å². The number of aryl methyl sites for hydroxylation is 1. The molecule has 0 atom stereocenters. The highest BCUT2D eigenvalue weighted by molar-refractivity contribution is 5.57. The molecule has 0 aliphatic carbocycles. The van der Waals surface area contributed by atoms with E-state index in [0.717, 1.165) is 30.6 Å². The lowest BCUT2D eigenvalue weighted by Gasteiger charge is -2.30. The molecule has 0 N–H and O–H groups in total. The van der Waals surface area contributed by atoms with E-state index in [1.807, 2.05) is 0 Å². The summed E-state index contributed by atoms with van der Waals surface area (Å²) in [5.74, 6) is -0.247. The summed E-state index contributed by atoms with van der Waals surface area (Å²) in [6.45, 7) is 3.04. The molecule has 1 heterocycles. The second-order valence-corrected chi connectivity index (χ2v) is 4.08. The van der Waals surface area contributed by atoms with Crippen molar-refractivity contribution in [2.24, 2.45) is 0 Å². The fourth-order valence-electron chi connectivity index (χ4n) is 2.08. The molecule has 1 aromatic carbocycles. The Morgan fingerprint density at radius 3 is 2.82 bits per heavy atom. The van der Waals surface area contributed by atoms with Crippen molar-refractivity contribution in [3.63, 3.8) is 0 Å². The highest BCUT2D eigenvalue weighted by atomic mass is 19.1. The van der Waals surface area contributed by atoms with Crippen molar-refractivity contribution in [2.75, 3.05) is 31.2 Å². The first kappa shape index (κ1) is 12.0. The van der Waals surface area contributed by atoms with Crippen LogP contribution >= 0.6 is 0 Å². The van der Waals surface area contributed by atoms with Crippen molar-refractivity contribution in [3.05, 3.63) is 29.6 Å². The molecule has 1 saturated heterocycles. The number of benzene rings is 1. The summed E-state index contributed by atoms with van der Waals surface area (Å²) in [5.41, 5.74) is 1.93. The Hall–Kier alpha value is -1.42. The number of ether oxygens (including phenoxy) is 1. The van der Waals surface area contributed by atoms with Gasteiger partial charge in [0.1, 0.15) is 12.1 Å². The fourth-order valence-corrected chi connectivity index (χ4v) is 2.08. The number of hydrogen-bond acceptors (Lipinski definition) is 3. The number of hydrogen-bond donors (Lipinski definition) is 0. The van der Waals surface area contributed by atoms with Gasteiger partial charge in [0.25, 0.3) is 0 Å². The monoisotopic (exact) mass is 237 g/mol. The lowest BCUT2D eigenvalue weighted by Crippen LogP contribution is -2.36.